The van der Waals surface area contributed by atoms with E-state index in [9.17, 15) is 4.79 Å². The van der Waals surface area contributed by atoms with Gasteiger partial charge in [0.15, 0.2) is 0 Å². The van der Waals surface area contributed by atoms with Gasteiger partial charge in [-0.3, -0.25) is 4.79 Å². The Hall–Kier alpha value is -1.30. The Labute approximate surface area is 179 Å². The molecule has 150 valence electrons. The number of amides is 1. The first-order chi connectivity index (χ1) is 13.4. The largest absolute Gasteiger partial charge is 0.381 e. The van der Waals surface area contributed by atoms with Crippen molar-refractivity contribution in [3.05, 3.63) is 56.8 Å². The first kappa shape index (κ1) is 20.0. The molecule has 0 radical (unpaired) electrons. The molecule has 2 heterocycles. The molecule has 1 atom stereocenters. The van der Waals surface area contributed by atoms with E-state index in [1.165, 1.54) is 0 Å². The summed E-state index contributed by atoms with van der Waals surface area (Å²) < 4.78 is 8.74. The zero-order valence-electron chi connectivity index (χ0n) is 16.5. The number of aromatic nitrogens is 1. The van der Waals surface area contributed by atoms with Crippen LogP contribution in [-0.4, -0.2) is 34.6 Å². The third kappa shape index (κ3) is 3.31. The molecule has 1 unspecified atom stereocenters. The summed E-state index contributed by atoms with van der Waals surface area (Å²) in [4.78, 5) is 15.6. The molecule has 0 spiro atoms. The van der Waals surface area contributed by atoms with Gasteiger partial charge in [0.1, 0.15) is 0 Å². The van der Waals surface area contributed by atoms with Gasteiger partial charge in [0, 0.05) is 24.2 Å². The molecule has 2 aliphatic rings. The topological polar surface area (TPSA) is 34.5 Å². The maximum Gasteiger partial charge on any atom is 0.256 e. The highest BCUT2D eigenvalue weighted by atomic mass is 79.9. The van der Waals surface area contributed by atoms with E-state index in [2.05, 4.69) is 51.4 Å². The Morgan fingerprint density at radius 1 is 1.14 bits per heavy atom. The average molecular weight is 466 g/mol. The van der Waals surface area contributed by atoms with Gasteiger partial charge >= 0.3 is 0 Å². The van der Waals surface area contributed by atoms with Crippen LogP contribution in [0.4, 0.5) is 0 Å². The molecule has 1 saturated carbocycles. The number of hydrogen-bond donors (Lipinski definition) is 0. The van der Waals surface area contributed by atoms with Crippen molar-refractivity contribution in [3.8, 4) is 0 Å². The molecule has 0 N–H and O–H groups in total. The molecule has 1 amide bonds. The minimum Gasteiger partial charge on any atom is -0.381 e. The van der Waals surface area contributed by atoms with Gasteiger partial charge in [-0.2, -0.15) is 0 Å². The molecule has 1 aliphatic carbocycles. The van der Waals surface area contributed by atoms with Crippen molar-refractivity contribution >= 4 is 33.4 Å². The maximum absolute atomic E-state index is 13.5. The van der Waals surface area contributed by atoms with Crippen molar-refractivity contribution in [1.82, 2.24) is 9.47 Å². The lowest BCUT2D eigenvalue weighted by atomic mass is 9.90. The first-order valence-electron chi connectivity index (χ1n) is 9.94. The van der Waals surface area contributed by atoms with Gasteiger partial charge in [0.05, 0.1) is 28.0 Å². The number of rotatable bonds is 4. The van der Waals surface area contributed by atoms with Crippen LogP contribution in [0.25, 0.3) is 0 Å². The summed E-state index contributed by atoms with van der Waals surface area (Å²) in [5.41, 5.74) is 3.01. The van der Waals surface area contributed by atoms with E-state index in [-0.39, 0.29) is 24.0 Å². The van der Waals surface area contributed by atoms with Crippen molar-refractivity contribution in [1.29, 1.82) is 0 Å². The molecule has 1 fully saturated rings. The molecule has 2 aromatic rings. The Bertz CT molecular complexity index is 869. The second-order valence-electron chi connectivity index (χ2n) is 8.06. The van der Waals surface area contributed by atoms with E-state index in [1.54, 1.807) is 7.11 Å². The predicted octanol–water partition coefficient (Wildman–Crippen LogP) is 5.99. The highest BCUT2D eigenvalue weighted by Crippen LogP contribution is 2.46. The summed E-state index contributed by atoms with van der Waals surface area (Å²) >= 11 is 9.81. The molecule has 4 rings (SSSR count). The Morgan fingerprint density at radius 2 is 1.79 bits per heavy atom. The van der Waals surface area contributed by atoms with E-state index < -0.39 is 0 Å². The van der Waals surface area contributed by atoms with Crippen molar-refractivity contribution in [3.63, 3.8) is 0 Å². The Balaban J connectivity index is 1.79. The Kier molecular flexibility index (Phi) is 5.60. The highest BCUT2D eigenvalue weighted by molar-refractivity contribution is 9.10. The normalized spacial score (nSPS) is 24.9. The summed E-state index contributed by atoms with van der Waals surface area (Å²) in [7, 11) is 1.78. The lowest BCUT2D eigenvalue weighted by molar-refractivity contribution is 0.0294. The van der Waals surface area contributed by atoms with Gasteiger partial charge in [0.25, 0.3) is 5.91 Å². The molecular weight excluding hydrogens is 440 g/mol. The van der Waals surface area contributed by atoms with E-state index in [0.717, 1.165) is 47.1 Å². The molecule has 1 aliphatic heterocycles. The number of halogens is 2. The van der Waals surface area contributed by atoms with E-state index in [4.69, 9.17) is 16.3 Å². The zero-order chi connectivity index (χ0) is 20.0. The quantitative estimate of drug-likeness (QED) is 0.556. The van der Waals surface area contributed by atoms with Gasteiger partial charge in [0.2, 0.25) is 0 Å². The van der Waals surface area contributed by atoms with Crippen molar-refractivity contribution in [2.75, 3.05) is 7.11 Å². The molecule has 0 saturated heterocycles. The van der Waals surface area contributed by atoms with Gasteiger partial charge in [-0.05, 0) is 79.2 Å². The Morgan fingerprint density at radius 3 is 2.36 bits per heavy atom. The van der Waals surface area contributed by atoms with Crippen molar-refractivity contribution in [2.24, 2.45) is 0 Å². The van der Waals surface area contributed by atoms with E-state index >= 15 is 0 Å². The lowest BCUT2D eigenvalue weighted by Gasteiger charge is -2.38. The fourth-order valence-corrected chi connectivity index (χ4v) is 5.73. The number of fused-ring (bicyclic) bond motifs is 1. The van der Waals surface area contributed by atoms with Crippen molar-refractivity contribution < 1.29 is 9.53 Å². The molecule has 0 bridgehead atoms. The summed E-state index contributed by atoms with van der Waals surface area (Å²) in [6.07, 6.45) is 4.25. The van der Waals surface area contributed by atoms with Gasteiger partial charge < -0.3 is 14.2 Å². The summed E-state index contributed by atoms with van der Waals surface area (Å²) in [6, 6.07) is 10.3. The van der Waals surface area contributed by atoms with E-state index in [1.807, 2.05) is 18.2 Å². The SMILES string of the molecule is COC1CCC(N2C(=O)c3cc(Br)n(C(C)C)c3C2c2ccc(Cl)cc2)CC1. The number of methoxy groups -OCH3 is 1. The second-order valence-corrected chi connectivity index (χ2v) is 9.31. The van der Waals surface area contributed by atoms with Crippen LogP contribution in [0.15, 0.2) is 34.9 Å². The predicted molar refractivity (Wildman–Crippen MR) is 115 cm³/mol. The molecule has 1 aromatic heterocycles. The van der Waals surface area contributed by atoms with Gasteiger partial charge in [-0.15, -0.1) is 0 Å². The number of ether oxygens (including phenoxy) is 1. The average Bonchev–Trinajstić information content (AvgIpc) is 3.16. The van der Waals surface area contributed by atoms with Crippen LogP contribution in [-0.2, 0) is 4.74 Å². The summed E-state index contributed by atoms with van der Waals surface area (Å²) in [5.74, 6) is 0.135. The molecule has 1 aromatic carbocycles. The number of carbonyl (C=O) groups is 1. The molecule has 6 heteroatoms. The van der Waals surface area contributed by atoms with Crippen LogP contribution in [0.2, 0.25) is 5.02 Å². The minimum atomic E-state index is -0.0856. The number of benzene rings is 1. The first-order valence-corrected chi connectivity index (χ1v) is 11.1. The van der Waals surface area contributed by atoms with Crippen LogP contribution >= 0.6 is 27.5 Å². The third-order valence-electron chi connectivity index (χ3n) is 6.10. The van der Waals surface area contributed by atoms with Crippen LogP contribution in [0, 0.1) is 0 Å². The fraction of sp³-hybridized carbons (Fsp3) is 0.500. The molecule has 28 heavy (non-hydrogen) atoms. The highest BCUT2D eigenvalue weighted by Gasteiger charge is 2.45. The zero-order valence-corrected chi connectivity index (χ0v) is 18.8. The van der Waals surface area contributed by atoms with Gasteiger partial charge in [-0.1, -0.05) is 23.7 Å². The maximum atomic E-state index is 13.5. The number of nitrogens with zero attached hydrogens (tertiary/aromatic N) is 2. The van der Waals surface area contributed by atoms with Crippen LogP contribution in [0.1, 0.15) is 73.2 Å². The number of hydrogen-bond acceptors (Lipinski definition) is 2. The van der Waals surface area contributed by atoms with Gasteiger partial charge in [-0.25, -0.2) is 0 Å². The fourth-order valence-electron chi connectivity index (χ4n) is 4.77. The smallest absolute Gasteiger partial charge is 0.256 e. The second kappa shape index (κ2) is 7.85. The van der Waals surface area contributed by atoms with Crippen molar-refractivity contribution in [2.45, 2.75) is 63.8 Å². The molecular formula is C22H26BrClN2O2. The summed E-state index contributed by atoms with van der Waals surface area (Å²) in [6.45, 7) is 4.31. The number of carbonyl (C=O) groups excluding carboxylic acids is 1. The minimum absolute atomic E-state index is 0.0856. The lowest BCUT2D eigenvalue weighted by Crippen LogP contribution is -2.42. The third-order valence-corrected chi connectivity index (χ3v) is 6.97. The van der Waals surface area contributed by atoms with Crippen LogP contribution in [0.5, 0.6) is 0 Å². The monoisotopic (exact) mass is 464 g/mol. The van der Waals surface area contributed by atoms with Crippen LogP contribution < -0.4 is 0 Å². The van der Waals surface area contributed by atoms with E-state index in [0.29, 0.717) is 11.1 Å². The summed E-state index contributed by atoms with van der Waals surface area (Å²) in [5, 5.41) is 0.709. The standard InChI is InChI=1S/C22H26BrClN2O2/c1-13(2)25-19(23)12-18-21(25)20(14-4-6-15(24)7-5-14)26(22(18)27)16-8-10-17(28-3)11-9-16/h4-7,12-13,16-17,20H,8-11H2,1-3H3. The van der Waals surface area contributed by atoms with Crippen LogP contribution in [0.3, 0.4) is 0 Å². The molecule has 4 nitrogen and oxygen atoms in total.